The van der Waals surface area contributed by atoms with Crippen LogP contribution in [0.4, 0.5) is 11.4 Å². The predicted molar refractivity (Wildman–Crippen MR) is 123 cm³/mol. The molecule has 1 aliphatic heterocycles. The first-order chi connectivity index (χ1) is 14.9. The molecular formula is C25H21ClN2O3. The van der Waals surface area contributed by atoms with Gasteiger partial charge in [-0.25, -0.2) is 4.90 Å². The summed E-state index contributed by atoms with van der Waals surface area (Å²) in [6, 6.07) is 21.8. The number of para-hydroxylation sites is 2. The number of carbonyl (C=O) groups excluding carboxylic acids is 2. The minimum atomic E-state index is -0.419. The lowest BCUT2D eigenvalue weighted by Gasteiger charge is -2.22. The van der Waals surface area contributed by atoms with E-state index in [1.165, 1.54) is 4.90 Å². The van der Waals surface area contributed by atoms with Crippen molar-refractivity contribution < 1.29 is 14.3 Å². The number of likely N-dealkylation sites (N-methyl/N-ethyl adjacent to an activating group) is 1. The maximum absolute atomic E-state index is 13.7. The van der Waals surface area contributed by atoms with Crippen molar-refractivity contribution in [2.24, 2.45) is 0 Å². The molecule has 0 bridgehead atoms. The number of hydrogen-bond acceptors (Lipinski definition) is 4. The highest BCUT2D eigenvalue weighted by Gasteiger charge is 2.43. The third-order valence-corrected chi connectivity index (χ3v) is 5.56. The number of nitrogens with zero attached hydrogens (tertiary/aromatic N) is 2. The van der Waals surface area contributed by atoms with Crippen molar-refractivity contribution in [1.29, 1.82) is 0 Å². The van der Waals surface area contributed by atoms with Crippen molar-refractivity contribution in [2.45, 2.75) is 6.92 Å². The van der Waals surface area contributed by atoms with E-state index in [9.17, 15) is 9.59 Å². The third kappa shape index (κ3) is 3.57. The van der Waals surface area contributed by atoms with Gasteiger partial charge in [0.2, 0.25) is 0 Å². The van der Waals surface area contributed by atoms with Crippen molar-refractivity contribution in [2.75, 3.05) is 24.0 Å². The smallest absolute Gasteiger partial charge is 0.282 e. The van der Waals surface area contributed by atoms with E-state index in [-0.39, 0.29) is 11.3 Å². The van der Waals surface area contributed by atoms with Crippen LogP contribution in [0, 0.1) is 6.92 Å². The molecule has 3 aromatic carbocycles. The largest absolute Gasteiger partial charge is 0.496 e. The molecular weight excluding hydrogens is 412 g/mol. The second-order valence-corrected chi connectivity index (χ2v) is 7.63. The molecule has 1 aliphatic rings. The number of benzene rings is 3. The molecule has 0 saturated carbocycles. The Labute approximate surface area is 186 Å². The van der Waals surface area contributed by atoms with Crippen LogP contribution in [0.5, 0.6) is 5.75 Å². The van der Waals surface area contributed by atoms with Crippen molar-refractivity contribution in [3.05, 3.63) is 94.6 Å². The molecule has 0 saturated heterocycles. The van der Waals surface area contributed by atoms with Crippen LogP contribution in [0.2, 0.25) is 5.02 Å². The molecule has 0 unspecified atom stereocenters. The Morgan fingerprint density at radius 3 is 2.29 bits per heavy atom. The molecule has 0 aliphatic carbocycles. The molecule has 31 heavy (non-hydrogen) atoms. The first-order valence-electron chi connectivity index (χ1n) is 9.75. The number of methoxy groups -OCH3 is 1. The zero-order valence-electron chi connectivity index (χ0n) is 17.4. The van der Waals surface area contributed by atoms with E-state index in [1.54, 1.807) is 49.4 Å². The molecule has 3 aromatic rings. The fourth-order valence-electron chi connectivity index (χ4n) is 3.75. The number of imide groups is 1. The summed E-state index contributed by atoms with van der Waals surface area (Å²) in [5, 5.41) is 0.449. The fourth-order valence-corrected chi connectivity index (χ4v) is 3.91. The quantitative estimate of drug-likeness (QED) is 0.528. The number of rotatable bonds is 5. The molecule has 5 nitrogen and oxygen atoms in total. The molecule has 0 N–H and O–H groups in total. The van der Waals surface area contributed by atoms with Crippen LogP contribution in [-0.4, -0.2) is 26.0 Å². The number of carbonyl (C=O) groups is 2. The second-order valence-electron chi connectivity index (χ2n) is 7.19. The molecule has 0 spiro atoms. The number of amides is 2. The lowest BCUT2D eigenvalue weighted by Crippen LogP contribution is -2.34. The summed E-state index contributed by atoms with van der Waals surface area (Å²) in [5.41, 5.74) is 3.15. The van der Waals surface area contributed by atoms with Crippen molar-refractivity contribution in [3.63, 3.8) is 0 Å². The highest BCUT2D eigenvalue weighted by atomic mass is 35.5. The molecule has 0 radical (unpaired) electrons. The van der Waals surface area contributed by atoms with Gasteiger partial charge >= 0.3 is 0 Å². The molecule has 0 fully saturated rings. The van der Waals surface area contributed by atoms with Crippen LogP contribution >= 0.6 is 11.6 Å². The maximum Gasteiger partial charge on any atom is 0.282 e. The van der Waals surface area contributed by atoms with E-state index in [2.05, 4.69) is 0 Å². The Bertz CT molecular complexity index is 1200. The minimum Gasteiger partial charge on any atom is -0.496 e. The molecule has 0 aromatic heterocycles. The zero-order valence-corrected chi connectivity index (χ0v) is 18.2. The van der Waals surface area contributed by atoms with Crippen molar-refractivity contribution >= 4 is 40.4 Å². The van der Waals surface area contributed by atoms with Gasteiger partial charge in [0.25, 0.3) is 11.8 Å². The Balaban J connectivity index is 1.95. The predicted octanol–water partition coefficient (Wildman–Crippen LogP) is 5.08. The molecule has 0 atom stereocenters. The normalized spacial score (nSPS) is 13.7. The third-order valence-electron chi connectivity index (χ3n) is 5.33. The first-order valence-corrected chi connectivity index (χ1v) is 10.1. The van der Waals surface area contributed by atoms with E-state index in [0.717, 1.165) is 11.3 Å². The van der Waals surface area contributed by atoms with Crippen LogP contribution in [-0.2, 0) is 9.59 Å². The van der Waals surface area contributed by atoms with Crippen LogP contribution in [0.25, 0.3) is 5.57 Å². The first kappa shape index (κ1) is 20.7. The fraction of sp³-hybridized carbons (Fsp3) is 0.120. The van der Waals surface area contributed by atoms with Gasteiger partial charge in [0.15, 0.2) is 0 Å². The van der Waals surface area contributed by atoms with Crippen LogP contribution < -0.4 is 14.5 Å². The van der Waals surface area contributed by atoms with Crippen LogP contribution in [0.1, 0.15) is 11.1 Å². The minimum absolute atomic E-state index is 0.278. The molecule has 2 amide bonds. The van der Waals surface area contributed by atoms with E-state index < -0.39 is 11.8 Å². The second kappa shape index (κ2) is 8.28. The molecule has 156 valence electrons. The molecule has 1 heterocycles. The summed E-state index contributed by atoms with van der Waals surface area (Å²) < 4.78 is 5.50. The summed E-state index contributed by atoms with van der Waals surface area (Å²) in [5.74, 6) is -0.317. The lowest BCUT2D eigenvalue weighted by atomic mass is 10.0. The number of aryl methyl sites for hydroxylation is 1. The number of halogens is 1. The molecule has 4 rings (SSSR count). The Morgan fingerprint density at radius 1 is 0.903 bits per heavy atom. The standard InChI is InChI=1S/C25H21ClN2O3/c1-16-13-14-17(26)15-20(16)28-24(29)22(19-11-7-8-12-21(19)31-3)23(25(28)30)27(2)18-9-5-4-6-10-18/h4-15H,1-3H3. The van der Waals surface area contributed by atoms with Gasteiger partial charge in [-0.2, -0.15) is 0 Å². The zero-order chi connectivity index (χ0) is 22.1. The highest BCUT2D eigenvalue weighted by molar-refractivity contribution is 6.47. The molecule has 6 heteroatoms. The summed E-state index contributed by atoms with van der Waals surface area (Å²) in [7, 11) is 3.32. The highest BCUT2D eigenvalue weighted by Crippen LogP contribution is 2.40. The number of hydrogen-bond donors (Lipinski definition) is 0. The SMILES string of the molecule is COc1ccccc1C1=C(N(C)c2ccccc2)C(=O)N(c2cc(Cl)ccc2C)C1=O. The van der Waals surface area contributed by atoms with Crippen LogP contribution in [0.3, 0.4) is 0 Å². The average molecular weight is 433 g/mol. The monoisotopic (exact) mass is 432 g/mol. The van der Waals surface area contributed by atoms with Gasteiger partial charge in [-0.3, -0.25) is 9.59 Å². The Kier molecular flexibility index (Phi) is 5.53. The van der Waals surface area contributed by atoms with Gasteiger partial charge in [-0.05, 0) is 42.8 Å². The van der Waals surface area contributed by atoms with E-state index in [0.29, 0.717) is 22.0 Å². The van der Waals surface area contributed by atoms with E-state index in [1.807, 2.05) is 49.4 Å². The Morgan fingerprint density at radius 2 is 1.58 bits per heavy atom. The summed E-state index contributed by atoms with van der Waals surface area (Å²) in [6.07, 6.45) is 0. The van der Waals surface area contributed by atoms with Gasteiger partial charge in [0, 0.05) is 23.3 Å². The topological polar surface area (TPSA) is 49.9 Å². The van der Waals surface area contributed by atoms with E-state index >= 15 is 0 Å². The van der Waals surface area contributed by atoms with E-state index in [4.69, 9.17) is 16.3 Å². The lowest BCUT2D eigenvalue weighted by molar-refractivity contribution is -0.120. The van der Waals surface area contributed by atoms with Crippen molar-refractivity contribution in [1.82, 2.24) is 0 Å². The Hall–Kier alpha value is -3.57. The van der Waals surface area contributed by atoms with Gasteiger partial charge in [-0.1, -0.05) is 54.1 Å². The summed E-state index contributed by atoms with van der Waals surface area (Å²) >= 11 is 6.19. The van der Waals surface area contributed by atoms with Gasteiger partial charge < -0.3 is 9.64 Å². The summed E-state index contributed by atoms with van der Waals surface area (Å²) in [6.45, 7) is 1.84. The van der Waals surface area contributed by atoms with Gasteiger partial charge in [0.05, 0.1) is 18.4 Å². The average Bonchev–Trinajstić information content (AvgIpc) is 3.05. The number of anilines is 2. The van der Waals surface area contributed by atoms with Gasteiger partial charge in [0.1, 0.15) is 11.4 Å². The van der Waals surface area contributed by atoms with Crippen LogP contribution in [0.15, 0.2) is 78.5 Å². The van der Waals surface area contributed by atoms with Gasteiger partial charge in [-0.15, -0.1) is 0 Å². The summed E-state index contributed by atoms with van der Waals surface area (Å²) in [4.78, 5) is 30.3. The van der Waals surface area contributed by atoms with Crippen molar-refractivity contribution in [3.8, 4) is 5.75 Å². The maximum atomic E-state index is 13.7. The number of ether oxygens (including phenoxy) is 1.